The van der Waals surface area contributed by atoms with Gasteiger partial charge in [0.15, 0.2) is 12.4 Å². The molecule has 10 heteroatoms. The van der Waals surface area contributed by atoms with Crippen molar-refractivity contribution in [2.75, 3.05) is 24.6 Å². The van der Waals surface area contributed by atoms with Gasteiger partial charge in [-0.1, -0.05) is 0 Å². The van der Waals surface area contributed by atoms with E-state index in [0.717, 1.165) is 18.9 Å². The highest BCUT2D eigenvalue weighted by Gasteiger charge is 2.14. The van der Waals surface area contributed by atoms with E-state index in [2.05, 4.69) is 35.5 Å². The minimum atomic E-state index is -0.284. The lowest BCUT2D eigenvalue weighted by Crippen LogP contribution is -2.29. The zero-order valence-corrected chi connectivity index (χ0v) is 15.2. The molecule has 144 valence electrons. The minimum absolute atomic E-state index is 0.165. The summed E-state index contributed by atoms with van der Waals surface area (Å²) < 4.78 is 6.95. The maximum absolute atomic E-state index is 12.0. The maximum Gasteiger partial charge on any atom is 0.258 e. The predicted molar refractivity (Wildman–Crippen MR) is 100.0 cm³/mol. The predicted octanol–water partition coefficient (Wildman–Crippen LogP) is 0.748. The fourth-order valence-electron chi connectivity index (χ4n) is 2.88. The number of nitrogens with zero attached hydrogens (tertiary/aromatic N) is 7. The zero-order valence-electron chi connectivity index (χ0n) is 15.2. The molecule has 1 saturated heterocycles. The molecular formula is C18H20N8O2. The van der Waals surface area contributed by atoms with Crippen LogP contribution in [0, 0.1) is 0 Å². The number of ether oxygens (including phenoxy) is 1. The van der Waals surface area contributed by atoms with Gasteiger partial charge in [0.05, 0.1) is 6.54 Å². The molecule has 4 heterocycles. The van der Waals surface area contributed by atoms with E-state index < -0.39 is 0 Å². The van der Waals surface area contributed by atoms with Gasteiger partial charge >= 0.3 is 0 Å². The number of carbonyl (C=O) groups excluding carboxylic acids is 1. The highest BCUT2D eigenvalue weighted by Crippen LogP contribution is 2.16. The quantitative estimate of drug-likeness (QED) is 0.639. The van der Waals surface area contributed by atoms with Crippen molar-refractivity contribution in [1.82, 2.24) is 35.3 Å². The van der Waals surface area contributed by atoms with Gasteiger partial charge in [-0.3, -0.25) is 4.79 Å². The summed E-state index contributed by atoms with van der Waals surface area (Å²) in [5.74, 6) is 2.02. The van der Waals surface area contributed by atoms with Crippen molar-refractivity contribution in [3.8, 4) is 11.7 Å². The van der Waals surface area contributed by atoms with E-state index in [4.69, 9.17) is 4.74 Å². The molecule has 1 amide bonds. The second kappa shape index (κ2) is 8.42. The minimum Gasteiger partial charge on any atom is -0.466 e. The SMILES string of the molecule is O=C(COc1ccc(-n2cccn2)nn1)NCc1nccc(N2CCCC2)n1. The third-order valence-electron chi connectivity index (χ3n) is 4.28. The van der Waals surface area contributed by atoms with Gasteiger partial charge in [0.1, 0.15) is 11.6 Å². The summed E-state index contributed by atoms with van der Waals surface area (Å²) in [5.41, 5.74) is 0. The van der Waals surface area contributed by atoms with Crippen LogP contribution in [0.4, 0.5) is 5.82 Å². The highest BCUT2D eigenvalue weighted by atomic mass is 16.5. The van der Waals surface area contributed by atoms with Crippen LogP contribution in [0.3, 0.4) is 0 Å². The summed E-state index contributed by atoms with van der Waals surface area (Å²) in [7, 11) is 0. The lowest BCUT2D eigenvalue weighted by molar-refractivity contribution is -0.123. The second-order valence-electron chi connectivity index (χ2n) is 6.27. The number of hydrogen-bond acceptors (Lipinski definition) is 8. The Hall–Kier alpha value is -3.56. The second-order valence-corrected chi connectivity index (χ2v) is 6.27. The van der Waals surface area contributed by atoms with E-state index >= 15 is 0 Å². The largest absolute Gasteiger partial charge is 0.466 e. The van der Waals surface area contributed by atoms with Crippen molar-refractivity contribution in [3.05, 3.63) is 48.7 Å². The molecule has 0 bridgehead atoms. The van der Waals surface area contributed by atoms with Gasteiger partial charge in [0.2, 0.25) is 5.88 Å². The van der Waals surface area contributed by atoms with Crippen LogP contribution in [0.5, 0.6) is 5.88 Å². The number of anilines is 1. The summed E-state index contributed by atoms with van der Waals surface area (Å²) in [5, 5.41) is 14.8. The smallest absolute Gasteiger partial charge is 0.258 e. The number of hydrogen-bond donors (Lipinski definition) is 1. The van der Waals surface area contributed by atoms with E-state index in [1.54, 1.807) is 41.5 Å². The van der Waals surface area contributed by atoms with Crippen molar-refractivity contribution < 1.29 is 9.53 Å². The van der Waals surface area contributed by atoms with Crippen LogP contribution >= 0.6 is 0 Å². The van der Waals surface area contributed by atoms with Crippen LogP contribution in [0.25, 0.3) is 5.82 Å². The Bertz CT molecular complexity index is 908. The first-order valence-electron chi connectivity index (χ1n) is 9.08. The highest BCUT2D eigenvalue weighted by molar-refractivity contribution is 5.77. The molecule has 0 aromatic carbocycles. The van der Waals surface area contributed by atoms with E-state index in [9.17, 15) is 4.79 Å². The Labute approximate surface area is 161 Å². The Morgan fingerprint density at radius 2 is 2.00 bits per heavy atom. The van der Waals surface area contributed by atoms with Crippen LogP contribution in [0.15, 0.2) is 42.9 Å². The van der Waals surface area contributed by atoms with E-state index in [0.29, 0.717) is 11.6 Å². The number of nitrogens with one attached hydrogen (secondary N) is 1. The Morgan fingerprint density at radius 1 is 1.11 bits per heavy atom. The Kier molecular flexibility index (Phi) is 5.36. The van der Waals surface area contributed by atoms with Crippen LogP contribution in [0.1, 0.15) is 18.7 Å². The Morgan fingerprint density at radius 3 is 2.75 bits per heavy atom. The van der Waals surface area contributed by atoms with Gasteiger partial charge in [-0.2, -0.15) is 5.10 Å². The molecule has 0 atom stereocenters. The summed E-state index contributed by atoms with van der Waals surface area (Å²) in [6.45, 7) is 2.10. The number of carbonyl (C=O) groups is 1. The van der Waals surface area contributed by atoms with Crippen molar-refractivity contribution in [1.29, 1.82) is 0 Å². The molecule has 3 aromatic heterocycles. The van der Waals surface area contributed by atoms with Crippen LogP contribution < -0.4 is 15.0 Å². The number of amides is 1. The molecule has 0 spiro atoms. The monoisotopic (exact) mass is 380 g/mol. The van der Waals surface area contributed by atoms with Gasteiger partial charge in [-0.15, -0.1) is 10.2 Å². The van der Waals surface area contributed by atoms with Crippen molar-refractivity contribution in [2.24, 2.45) is 0 Å². The average molecular weight is 380 g/mol. The topological polar surface area (TPSA) is 111 Å². The maximum atomic E-state index is 12.0. The first-order chi connectivity index (χ1) is 13.8. The molecule has 1 N–H and O–H groups in total. The summed E-state index contributed by atoms with van der Waals surface area (Å²) in [6.07, 6.45) is 7.49. The molecule has 0 aliphatic carbocycles. The van der Waals surface area contributed by atoms with Crippen molar-refractivity contribution in [3.63, 3.8) is 0 Å². The molecule has 3 aromatic rings. The van der Waals surface area contributed by atoms with E-state index in [1.165, 1.54) is 12.8 Å². The molecular weight excluding hydrogens is 360 g/mol. The lowest BCUT2D eigenvalue weighted by Gasteiger charge is -2.16. The molecule has 0 radical (unpaired) electrons. The van der Waals surface area contributed by atoms with Gasteiger partial charge in [-0.05, 0) is 31.0 Å². The van der Waals surface area contributed by atoms with Crippen LogP contribution in [0.2, 0.25) is 0 Å². The zero-order chi connectivity index (χ0) is 19.2. The summed E-state index contributed by atoms with van der Waals surface area (Å²) in [6, 6.07) is 7.04. The fourth-order valence-corrected chi connectivity index (χ4v) is 2.88. The summed E-state index contributed by atoms with van der Waals surface area (Å²) in [4.78, 5) is 23.0. The molecule has 10 nitrogen and oxygen atoms in total. The molecule has 1 aliphatic rings. The fraction of sp³-hybridized carbons (Fsp3) is 0.333. The van der Waals surface area contributed by atoms with Gasteiger partial charge in [-0.25, -0.2) is 14.6 Å². The molecule has 0 saturated carbocycles. The standard InChI is InChI=1S/C18H20N8O2/c27-17(13-28-18-5-4-16(23-24-18)26-11-3-7-21-26)20-12-14-19-8-6-15(22-14)25-9-1-2-10-25/h3-8,11H,1-2,9-10,12-13H2,(H,20,27). The molecule has 4 rings (SSSR count). The average Bonchev–Trinajstić information content (AvgIpc) is 3.46. The lowest BCUT2D eigenvalue weighted by atomic mass is 10.4. The molecule has 1 aliphatic heterocycles. The number of aromatic nitrogens is 6. The van der Waals surface area contributed by atoms with Crippen LogP contribution in [-0.4, -0.2) is 55.5 Å². The summed E-state index contributed by atoms with van der Waals surface area (Å²) >= 11 is 0. The molecule has 0 unspecified atom stereocenters. The third kappa shape index (κ3) is 4.40. The van der Waals surface area contributed by atoms with Crippen molar-refractivity contribution in [2.45, 2.75) is 19.4 Å². The van der Waals surface area contributed by atoms with Crippen LogP contribution in [-0.2, 0) is 11.3 Å². The number of rotatable bonds is 7. The normalized spacial score (nSPS) is 13.5. The van der Waals surface area contributed by atoms with E-state index in [-0.39, 0.29) is 24.9 Å². The van der Waals surface area contributed by atoms with Gasteiger partial charge in [0, 0.05) is 37.7 Å². The Balaban J connectivity index is 1.25. The molecule has 28 heavy (non-hydrogen) atoms. The first-order valence-corrected chi connectivity index (χ1v) is 9.08. The van der Waals surface area contributed by atoms with Gasteiger partial charge < -0.3 is 15.0 Å². The third-order valence-corrected chi connectivity index (χ3v) is 4.28. The van der Waals surface area contributed by atoms with Crippen molar-refractivity contribution >= 4 is 11.7 Å². The van der Waals surface area contributed by atoms with Gasteiger partial charge in [0.25, 0.3) is 5.91 Å². The molecule has 1 fully saturated rings. The first kappa shape index (κ1) is 17.8. The van der Waals surface area contributed by atoms with E-state index in [1.807, 2.05) is 6.07 Å².